The van der Waals surface area contributed by atoms with Gasteiger partial charge in [-0.25, -0.2) is 0 Å². The van der Waals surface area contributed by atoms with Gasteiger partial charge in [0.25, 0.3) is 0 Å². The minimum absolute atomic E-state index is 0.0530. The first-order valence-corrected chi connectivity index (χ1v) is 10.1. The Bertz CT molecular complexity index is 852. The predicted octanol–water partition coefficient (Wildman–Crippen LogP) is 1.74. The third-order valence-electron chi connectivity index (χ3n) is 5.53. The van der Waals surface area contributed by atoms with Crippen LogP contribution in [0.5, 0.6) is 5.75 Å². The van der Waals surface area contributed by atoms with Crippen molar-refractivity contribution >= 4 is 11.8 Å². The van der Waals surface area contributed by atoms with E-state index >= 15 is 0 Å². The molecule has 7 nitrogen and oxygen atoms in total. The first-order chi connectivity index (χ1) is 14.5. The van der Waals surface area contributed by atoms with E-state index in [0.717, 1.165) is 5.56 Å². The van der Waals surface area contributed by atoms with Gasteiger partial charge in [0.1, 0.15) is 11.4 Å². The lowest BCUT2D eigenvalue weighted by Gasteiger charge is -2.39. The minimum atomic E-state index is -1.27. The molecule has 0 radical (unpaired) electrons. The van der Waals surface area contributed by atoms with Crippen molar-refractivity contribution in [1.29, 1.82) is 0 Å². The maximum absolute atomic E-state index is 12.4. The van der Waals surface area contributed by atoms with E-state index in [2.05, 4.69) is 10.6 Å². The summed E-state index contributed by atoms with van der Waals surface area (Å²) in [6.45, 7) is 1.24. The molecule has 30 heavy (non-hydrogen) atoms. The molecule has 160 valence electrons. The Hall–Kier alpha value is -2.90. The number of methoxy groups -OCH3 is 1. The fourth-order valence-corrected chi connectivity index (χ4v) is 3.78. The number of benzene rings is 2. The van der Waals surface area contributed by atoms with Crippen molar-refractivity contribution < 1.29 is 24.2 Å². The van der Waals surface area contributed by atoms with E-state index in [1.54, 1.807) is 13.2 Å². The molecule has 1 fully saturated rings. The van der Waals surface area contributed by atoms with Crippen LogP contribution < -0.4 is 15.4 Å². The summed E-state index contributed by atoms with van der Waals surface area (Å²) in [7, 11) is 1.55. The molecule has 2 aromatic rings. The summed E-state index contributed by atoms with van der Waals surface area (Å²) in [5.74, 6) is -0.989. The maximum Gasteiger partial charge on any atom is 0.309 e. The molecular formula is C23H28N2O5. The first-order valence-electron chi connectivity index (χ1n) is 10.1. The average molecular weight is 412 g/mol. The van der Waals surface area contributed by atoms with Crippen LogP contribution in [0.25, 0.3) is 0 Å². The van der Waals surface area contributed by atoms with Gasteiger partial charge in [-0.1, -0.05) is 48.5 Å². The van der Waals surface area contributed by atoms with E-state index in [1.807, 2.05) is 48.5 Å². The second kappa shape index (κ2) is 10.2. The zero-order chi connectivity index (χ0) is 21.4. The number of hydrogen-bond donors (Lipinski definition) is 3. The standard InChI is InChI=1S/C23H28N2O5/c1-29-20-10-6-5-7-17(20)15-24-21(26)22(27)25-16-23(28,18-8-3-2-4-9-18)19-11-13-30-14-12-19/h2-10,19,28H,11-16H2,1H3,(H,24,26)(H,25,27)/t23-/m0/s1. The lowest BCUT2D eigenvalue weighted by Crippen LogP contribution is -2.50. The Morgan fingerprint density at radius 2 is 1.67 bits per heavy atom. The van der Waals surface area contributed by atoms with Crippen molar-refractivity contribution in [2.24, 2.45) is 5.92 Å². The highest BCUT2D eigenvalue weighted by Crippen LogP contribution is 2.35. The second-order valence-electron chi connectivity index (χ2n) is 7.35. The lowest BCUT2D eigenvalue weighted by atomic mass is 9.77. The van der Waals surface area contributed by atoms with Gasteiger partial charge in [0.2, 0.25) is 0 Å². The van der Waals surface area contributed by atoms with Gasteiger partial charge >= 0.3 is 11.8 Å². The van der Waals surface area contributed by atoms with E-state index < -0.39 is 17.4 Å². The van der Waals surface area contributed by atoms with Crippen molar-refractivity contribution in [2.75, 3.05) is 26.9 Å². The van der Waals surface area contributed by atoms with Crippen molar-refractivity contribution in [2.45, 2.75) is 25.0 Å². The fourth-order valence-electron chi connectivity index (χ4n) is 3.78. The average Bonchev–Trinajstić information content (AvgIpc) is 2.82. The molecule has 1 saturated heterocycles. The number of para-hydroxylation sites is 1. The topological polar surface area (TPSA) is 96.9 Å². The van der Waals surface area contributed by atoms with Gasteiger partial charge in [0, 0.05) is 25.3 Å². The summed E-state index contributed by atoms with van der Waals surface area (Å²) in [6, 6.07) is 16.5. The Kier molecular flexibility index (Phi) is 7.43. The summed E-state index contributed by atoms with van der Waals surface area (Å²) < 4.78 is 10.7. The first kappa shape index (κ1) is 21.8. The Morgan fingerprint density at radius 3 is 2.37 bits per heavy atom. The molecule has 1 atom stereocenters. The quantitative estimate of drug-likeness (QED) is 0.602. The van der Waals surface area contributed by atoms with Gasteiger partial charge < -0.3 is 25.2 Å². The molecule has 0 saturated carbocycles. The van der Waals surface area contributed by atoms with Crippen molar-refractivity contribution in [1.82, 2.24) is 10.6 Å². The number of amides is 2. The SMILES string of the molecule is COc1ccccc1CNC(=O)C(=O)NC[C@](O)(c1ccccc1)C1CCOCC1. The van der Waals surface area contributed by atoms with E-state index in [9.17, 15) is 14.7 Å². The largest absolute Gasteiger partial charge is 0.496 e. The summed E-state index contributed by atoms with van der Waals surface area (Å²) in [5, 5.41) is 16.7. The second-order valence-corrected chi connectivity index (χ2v) is 7.35. The van der Waals surface area contributed by atoms with E-state index in [1.165, 1.54) is 0 Å². The van der Waals surface area contributed by atoms with Crippen LogP contribution in [-0.2, 0) is 26.5 Å². The van der Waals surface area contributed by atoms with Crippen molar-refractivity contribution in [3.8, 4) is 5.75 Å². The molecule has 2 amide bonds. The van der Waals surface area contributed by atoms with Gasteiger partial charge in [0.15, 0.2) is 0 Å². The smallest absolute Gasteiger partial charge is 0.309 e. The number of carbonyl (C=O) groups is 2. The molecule has 2 aromatic carbocycles. The molecule has 3 rings (SSSR count). The van der Waals surface area contributed by atoms with Crippen LogP contribution in [0.2, 0.25) is 0 Å². The molecule has 7 heteroatoms. The van der Waals surface area contributed by atoms with Gasteiger partial charge in [0.05, 0.1) is 13.7 Å². The van der Waals surface area contributed by atoms with E-state index in [4.69, 9.17) is 9.47 Å². The molecule has 0 bridgehead atoms. The number of nitrogens with one attached hydrogen (secondary N) is 2. The number of ether oxygens (including phenoxy) is 2. The maximum atomic E-state index is 12.4. The van der Waals surface area contributed by atoms with Gasteiger partial charge in [-0.15, -0.1) is 0 Å². The van der Waals surface area contributed by atoms with E-state index in [0.29, 0.717) is 37.4 Å². The zero-order valence-electron chi connectivity index (χ0n) is 17.1. The highest BCUT2D eigenvalue weighted by Gasteiger charge is 2.39. The summed E-state index contributed by atoms with van der Waals surface area (Å²) >= 11 is 0. The van der Waals surface area contributed by atoms with Crippen LogP contribution in [0.15, 0.2) is 54.6 Å². The Morgan fingerprint density at radius 1 is 1.03 bits per heavy atom. The molecule has 1 heterocycles. The number of aliphatic hydroxyl groups is 1. The third kappa shape index (κ3) is 5.17. The van der Waals surface area contributed by atoms with Crippen molar-refractivity contribution in [3.05, 3.63) is 65.7 Å². The van der Waals surface area contributed by atoms with E-state index in [-0.39, 0.29) is 19.0 Å². The van der Waals surface area contributed by atoms with Crippen LogP contribution in [-0.4, -0.2) is 43.8 Å². The van der Waals surface area contributed by atoms with Gasteiger partial charge in [-0.3, -0.25) is 9.59 Å². The highest BCUT2D eigenvalue weighted by atomic mass is 16.5. The molecule has 0 unspecified atom stereocenters. The number of hydrogen-bond acceptors (Lipinski definition) is 5. The molecule has 1 aliphatic heterocycles. The minimum Gasteiger partial charge on any atom is -0.496 e. The normalized spacial score (nSPS) is 16.3. The molecular weight excluding hydrogens is 384 g/mol. The fraction of sp³-hybridized carbons (Fsp3) is 0.391. The molecule has 1 aliphatic rings. The zero-order valence-corrected chi connectivity index (χ0v) is 17.1. The monoisotopic (exact) mass is 412 g/mol. The Balaban J connectivity index is 1.63. The number of carbonyl (C=O) groups excluding carboxylic acids is 2. The van der Waals surface area contributed by atoms with Crippen LogP contribution in [0.4, 0.5) is 0 Å². The highest BCUT2D eigenvalue weighted by molar-refractivity contribution is 6.35. The third-order valence-corrected chi connectivity index (χ3v) is 5.53. The summed E-state index contributed by atoms with van der Waals surface area (Å²) in [4.78, 5) is 24.7. The van der Waals surface area contributed by atoms with Crippen LogP contribution in [0.3, 0.4) is 0 Å². The van der Waals surface area contributed by atoms with Gasteiger partial charge in [-0.05, 0) is 30.4 Å². The van der Waals surface area contributed by atoms with Crippen LogP contribution in [0.1, 0.15) is 24.0 Å². The lowest BCUT2D eigenvalue weighted by molar-refractivity contribution is -0.140. The molecule has 0 aliphatic carbocycles. The summed E-state index contributed by atoms with van der Waals surface area (Å²) in [6.07, 6.45) is 1.36. The Labute approximate surface area is 176 Å². The predicted molar refractivity (Wildman–Crippen MR) is 112 cm³/mol. The molecule has 0 spiro atoms. The molecule has 0 aromatic heterocycles. The van der Waals surface area contributed by atoms with Crippen molar-refractivity contribution in [3.63, 3.8) is 0 Å². The van der Waals surface area contributed by atoms with Crippen LogP contribution >= 0.6 is 0 Å². The van der Waals surface area contributed by atoms with Crippen LogP contribution in [0, 0.1) is 5.92 Å². The van der Waals surface area contributed by atoms with Gasteiger partial charge in [-0.2, -0.15) is 0 Å². The molecule has 3 N–H and O–H groups in total. The number of rotatable bonds is 7. The summed E-state index contributed by atoms with van der Waals surface area (Å²) in [5.41, 5.74) is 0.208.